The van der Waals surface area contributed by atoms with Crippen molar-refractivity contribution >= 4 is 38.3 Å². The SMILES string of the molecule is COc1ccc(Br)c(C(=O)NC2CCN(c3nccs3)CC2)c1. The maximum Gasteiger partial charge on any atom is 0.252 e. The van der Waals surface area contributed by atoms with E-state index in [-0.39, 0.29) is 11.9 Å². The molecule has 1 saturated heterocycles. The number of ether oxygens (including phenoxy) is 1. The van der Waals surface area contributed by atoms with Crippen LogP contribution in [0.4, 0.5) is 5.13 Å². The highest BCUT2D eigenvalue weighted by molar-refractivity contribution is 9.10. The van der Waals surface area contributed by atoms with E-state index in [1.165, 1.54) is 0 Å². The Morgan fingerprint density at radius 2 is 2.22 bits per heavy atom. The summed E-state index contributed by atoms with van der Waals surface area (Å²) in [4.78, 5) is 19.1. The highest BCUT2D eigenvalue weighted by Crippen LogP contribution is 2.24. The standard InChI is InChI=1S/C16H18BrN3O2S/c1-22-12-2-3-14(17)13(10-12)15(21)19-11-4-7-20(8-5-11)16-18-6-9-23-16/h2-3,6,9-11H,4-5,7-8H2,1H3,(H,19,21). The lowest BCUT2D eigenvalue weighted by molar-refractivity contribution is 0.0930. The minimum Gasteiger partial charge on any atom is -0.497 e. The summed E-state index contributed by atoms with van der Waals surface area (Å²) in [6.45, 7) is 1.83. The number of halogens is 1. The topological polar surface area (TPSA) is 54.5 Å². The second-order valence-electron chi connectivity index (χ2n) is 5.40. The average molecular weight is 396 g/mol. The monoisotopic (exact) mass is 395 g/mol. The minimum atomic E-state index is -0.0662. The van der Waals surface area contributed by atoms with E-state index in [0.717, 1.165) is 35.5 Å². The summed E-state index contributed by atoms with van der Waals surface area (Å²) in [6.07, 6.45) is 3.67. The third-order valence-corrected chi connectivity index (χ3v) is 5.46. The van der Waals surface area contributed by atoms with Crippen molar-refractivity contribution in [3.05, 3.63) is 39.8 Å². The van der Waals surface area contributed by atoms with Gasteiger partial charge in [-0.05, 0) is 47.0 Å². The fourth-order valence-electron chi connectivity index (χ4n) is 2.66. The Morgan fingerprint density at radius 3 is 2.87 bits per heavy atom. The van der Waals surface area contributed by atoms with Gasteiger partial charge in [-0.1, -0.05) is 0 Å². The van der Waals surface area contributed by atoms with Crippen molar-refractivity contribution in [3.8, 4) is 5.75 Å². The Labute approximate surface area is 147 Å². The molecule has 0 spiro atoms. The first kappa shape index (κ1) is 16.3. The molecule has 0 unspecified atom stereocenters. The summed E-state index contributed by atoms with van der Waals surface area (Å²) in [5.41, 5.74) is 0.603. The normalized spacial score (nSPS) is 15.5. The van der Waals surface area contributed by atoms with E-state index >= 15 is 0 Å². The molecule has 2 heterocycles. The molecule has 1 aromatic heterocycles. The number of benzene rings is 1. The number of carbonyl (C=O) groups is 1. The van der Waals surface area contributed by atoms with Crippen molar-refractivity contribution in [2.45, 2.75) is 18.9 Å². The third-order valence-electron chi connectivity index (χ3n) is 3.94. The van der Waals surface area contributed by atoms with E-state index in [9.17, 15) is 4.79 Å². The van der Waals surface area contributed by atoms with Crippen molar-refractivity contribution in [2.75, 3.05) is 25.1 Å². The maximum absolute atomic E-state index is 12.5. The number of hydrogen-bond acceptors (Lipinski definition) is 5. The zero-order valence-corrected chi connectivity index (χ0v) is 15.2. The number of amides is 1. The second kappa shape index (κ2) is 7.31. The van der Waals surface area contributed by atoms with Gasteiger partial charge in [0.25, 0.3) is 5.91 Å². The van der Waals surface area contributed by atoms with Crippen LogP contribution in [0.2, 0.25) is 0 Å². The van der Waals surface area contributed by atoms with Crippen LogP contribution in [0.1, 0.15) is 23.2 Å². The Balaban J connectivity index is 1.59. The van der Waals surface area contributed by atoms with Crippen molar-refractivity contribution in [3.63, 3.8) is 0 Å². The molecular formula is C16H18BrN3O2S. The van der Waals surface area contributed by atoms with E-state index in [0.29, 0.717) is 11.3 Å². The van der Waals surface area contributed by atoms with Crippen LogP contribution in [-0.4, -0.2) is 37.1 Å². The van der Waals surface area contributed by atoms with E-state index in [1.807, 2.05) is 23.7 Å². The van der Waals surface area contributed by atoms with Gasteiger partial charge in [-0.2, -0.15) is 0 Å². The number of nitrogens with one attached hydrogen (secondary N) is 1. The number of aromatic nitrogens is 1. The summed E-state index contributed by atoms with van der Waals surface area (Å²) < 4.78 is 5.97. The number of anilines is 1. The van der Waals surface area contributed by atoms with Crippen LogP contribution < -0.4 is 15.0 Å². The molecule has 0 bridgehead atoms. The number of piperidine rings is 1. The fourth-order valence-corrected chi connectivity index (χ4v) is 3.78. The Hall–Kier alpha value is -1.60. The van der Waals surface area contributed by atoms with E-state index < -0.39 is 0 Å². The summed E-state index contributed by atoms with van der Waals surface area (Å²) in [7, 11) is 1.60. The van der Waals surface area contributed by atoms with Gasteiger partial charge in [0.05, 0.1) is 12.7 Å². The number of thiazole rings is 1. The summed E-state index contributed by atoms with van der Waals surface area (Å²) >= 11 is 5.08. The molecule has 23 heavy (non-hydrogen) atoms. The van der Waals surface area contributed by atoms with E-state index in [2.05, 4.69) is 31.1 Å². The smallest absolute Gasteiger partial charge is 0.252 e. The maximum atomic E-state index is 12.5. The first-order chi connectivity index (χ1) is 11.2. The zero-order valence-electron chi connectivity index (χ0n) is 12.8. The first-order valence-corrected chi connectivity index (χ1v) is 9.13. The van der Waals surface area contributed by atoms with Gasteiger partial charge in [0.15, 0.2) is 5.13 Å². The molecule has 0 atom stereocenters. The minimum absolute atomic E-state index is 0.0662. The van der Waals surface area contributed by atoms with Gasteiger partial charge in [-0.3, -0.25) is 4.79 Å². The molecule has 5 nitrogen and oxygen atoms in total. The van der Waals surface area contributed by atoms with Crippen LogP contribution in [0.15, 0.2) is 34.2 Å². The highest BCUT2D eigenvalue weighted by Gasteiger charge is 2.23. The summed E-state index contributed by atoms with van der Waals surface area (Å²) in [5.74, 6) is 0.611. The van der Waals surface area contributed by atoms with Gasteiger partial charge in [0, 0.05) is 35.2 Å². The number of nitrogens with zero attached hydrogens (tertiary/aromatic N) is 2. The van der Waals surface area contributed by atoms with Gasteiger partial charge in [0.2, 0.25) is 0 Å². The Bertz CT molecular complexity index is 670. The van der Waals surface area contributed by atoms with Crippen LogP contribution in [0, 0.1) is 0 Å². The molecule has 1 amide bonds. The lowest BCUT2D eigenvalue weighted by Crippen LogP contribution is -2.44. The first-order valence-electron chi connectivity index (χ1n) is 7.46. The molecule has 1 fully saturated rings. The molecule has 0 aliphatic carbocycles. The van der Waals surface area contributed by atoms with Crippen LogP contribution in [-0.2, 0) is 0 Å². The highest BCUT2D eigenvalue weighted by atomic mass is 79.9. The second-order valence-corrected chi connectivity index (χ2v) is 7.12. The van der Waals surface area contributed by atoms with Gasteiger partial charge in [-0.15, -0.1) is 11.3 Å². The molecule has 1 N–H and O–H groups in total. The van der Waals surface area contributed by atoms with Crippen LogP contribution >= 0.6 is 27.3 Å². The zero-order chi connectivity index (χ0) is 16.2. The van der Waals surface area contributed by atoms with Gasteiger partial charge in [-0.25, -0.2) is 4.98 Å². The molecule has 2 aromatic rings. The fraction of sp³-hybridized carbons (Fsp3) is 0.375. The quantitative estimate of drug-likeness (QED) is 0.862. The number of carbonyl (C=O) groups excluding carboxylic acids is 1. The Morgan fingerprint density at radius 1 is 1.43 bits per heavy atom. The molecule has 0 radical (unpaired) electrons. The van der Waals surface area contributed by atoms with E-state index in [1.54, 1.807) is 24.5 Å². The largest absolute Gasteiger partial charge is 0.497 e. The van der Waals surface area contributed by atoms with Crippen molar-refractivity contribution < 1.29 is 9.53 Å². The summed E-state index contributed by atoms with van der Waals surface area (Å²) in [6, 6.07) is 5.60. The molecule has 1 aliphatic rings. The lowest BCUT2D eigenvalue weighted by atomic mass is 10.0. The summed E-state index contributed by atoms with van der Waals surface area (Å²) in [5, 5.41) is 6.18. The van der Waals surface area contributed by atoms with Crippen molar-refractivity contribution in [1.29, 1.82) is 0 Å². The molecular weight excluding hydrogens is 378 g/mol. The number of rotatable bonds is 4. The van der Waals surface area contributed by atoms with Crippen molar-refractivity contribution in [1.82, 2.24) is 10.3 Å². The molecule has 7 heteroatoms. The molecule has 122 valence electrons. The molecule has 3 rings (SSSR count). The van der Waals surface area contributed by atoms with E-state index in [4.69, 9.17) is 4.74 Å². The predicted octanol–water partition coefficient (Wildman–Crippen LogP) is 3.31. The number of methoxy groups -OCH3 is 1. The van der Waals surface area contributed by atoms with Crippen LogP contribution in [0.5, 0.6) is 5.75 Å². The van der Waals surface area contributed by atoms with Gasteiger partial charge in [0.1, 0.15) is 5.75 Å². The van der Waals surface area contributed by atoms with Crippen LogP contribution in [0.25, 0.3) is 0 Å². The molecule has 1 aromatic carbocycles. The number of hydrogen-bond donors (Lipinski definition) is 1. The molecule has 0 saturated carbocycles. The molecule has 1 aliphatic heterocycles. The van der Waals surface area contributed by atoms with Gasteiger partial charge >= 0.3 is 0 Å². The predicted molar refractivity (Wildman–Crippen MR) is 95.5 cm³/mol. The Kier molecular flexibility index (Phi) is 5.17. The van der Waals surface area contributed by atoms with Crippen molar-refractivity contribution in [2.24, 2.45) is 0 Å². The van der Waals surface area contributed by atoms with Gasteiger partial charge < -0.3 is 15.0 Å². The lowest BCUT2D eigenvalue weighted by Gasteiger charge is -2.32. The van der Waals surface area contributed by atoms with Crippen LogP contribution in [0.3, 0.4) is 0 Å². The third kappa shape index (κ3) is 3.84. The average Bonchev–Trinajstić information content (AvgIpc) is 3.10.